The van der Waals surface area contributed by atoms with E-state index in [1.54, 1.807) is 12.3 Å². The van der Waals surface area contributed by atoms with Gasteiger partial charge in [-0.25, -0.2) is 4.68 Å². The molecule has 1 amide bonds. The molecule has 134 valence electrons. The molecule has 1 aliphatic carbocycles. The van der Waals surface area contributed by atoms with Gasteiger partial charge >= 0.3 is 0 Å². The second-order valence-corrected chi connectivity index (χ2v) is 7.52. The molecule has 1 atom stereocenters. The van der Waals surface area contributed by atoms with Gasteiger partial charge in [0.25, 0.3) is 5.91 Å². The van der Waals surface area contributed by atoms with Gasteiger partial charge in [-0.05, 0) is 25.0 Å². The van der Waals surface area contributed by atoms with Gasteiger partial charge in [0.05, 0.1) is 29.3 Å². The lowest BCUT2D eigenvalue weighted by Crippen LogP contribution is -3.08. The summed E-state index contributed by atoms with van der Waals surface area (Å²) >= 11 is 12.0. The van der Waals surface area contributed by atoms with E-state index in [0.717, 1.165) is 29.1 Å². The van der Waals surface area contributed by atoms with Crippen LogP contribution in [0.15, 0.2) is 30.5 Å². The van der Waals surface area contributed by atoms with Gasteiger partial charge in [-0.15, -0.1) is 0 Å². The van der Waals surface area contributed by atoms with Crippen LogP contribution >= 0.6 is 23.2 Å². The SMILES string of the molecule is C[NH+](CC(=O)Nc1ccnn1C1CCCC1)Cc1ccc(Cl)c(Cl)c1. The topological polar surface area (TPSA) is 51.4 Å². The van der Waals surface area contributed by atoms with E-state index in [4.69, 9.17) is 23.2 Å². The van der Waals surface area contributed by atoms with E-state index in [2.05, 4.69) is 10.4 Å². The Kier molecular flexibility index (Phi) is 5.99. The quantitative estimate of drug-likeness (QED) is 0.807. The molecule has 2 aromatic rings. The van der Waals surface area contributed by atoms with E-state index in [0.29, 0.717) is 29.2 Å². The normalized spacial score (nSPS) is 16.1. The summed E-state index contributed by atoms with van der Waals surface area (Å²) < 4.78 is 1.96. The number of carbonyl (C=O) groups excluding carboxylic acids is 1. The minimum absolute atomic E-state index is 0.0164. The van der Waals surface area contributed by atoms with Crippen LogP contribution in [0.5, 0.6) is 0 Å². The Balaban J connectivity index is 1.55. The van der Waals surface area contributed by atoms with Gasteiger partial charge < -0.3 is 10.2 Å². The number of hydrogen-bond acceptors (Lipinski definition) is 2. The lowest BCUT2D eigenvalue weighted by Gasteiger charge is -2.17. The minimum Gasteiger partial charge on any atom is -0.326 e. The lowest BCUT2D eigenvalue weighted by atomic mass is 10.2. The Morgan fingerprint density at radius 2 is 2.04 bits per heavy atom. The maximum atomic E-state index is 12.4. The molecule has 1 aliphatic rings. The van der Waals surface area contributed by atoms with Crippen molar-refractivity contribution in [2.45, 2.75) is 38.3 Å². The van der Waals surface area contributed by atoms with Crippen LogP contribution in [0.4, 0.5) is 5.82 Å². The maximum Gasteiger partial charge on any atom is 0.280 e. The Bertz CT molecular complexity index is 740. The summed E-state index contributed by atoms with van der Waals surface area (Å²) in [7, 11) is 1.98. The largest absolute Gasteiger partial charge is 0.326 e. The van der Waals surface area contributed by atoms with Crippen LogP contribution < -0.4 is 10.2 Å². The molecule has 0 spiro atoms. The van der Waals surface area contributed by atoms with E-state index >= 15 is 0 Å². The lowest BCUT2D eigenvalue weighted by molar-refractivity contribution is -0.885. The number of likely N-dealkylation sites (N-methyl/N-ethyl adjacent to an activating group) is 1. The highest BCUT2D eigenvalue weighted by molar-refractivity contribution is 6.42. The summed E-state index contributed by atoms with van der Waals surface area (Å²) in [6, 6.07) is 7.84. The number of amides is 1. The average Bonchev–Trinajstić information content (AvgIpc) is 3.21. The van der Waals surface area contributed by atoms with Crippen LogP contribution in [0, 0.1) is 0 Å². The van der Waals surface area contributed by atoms with Crippen molar-refractivity contribution in [3.8, 4) is 0 Å². The van der Waals surface area contributed by atoms with Crippen molar-refractivity contribution in [1.82, 2.24) is 9.78 Å². The molecule has 1 heterocycles. The fraction of sp³-hybridized carbons (Fsp3) is 0.444. The first-order valence-electron chi connectivity index (χ1n) is 8.61. The Morgan fingerprint density at radius 3 is 2.76 bits per heavy atom. The van der Waals surface area contributed by atoms with Gasteiger partial charge in [-0.3, -0.25) is 4.79 Å². The molecule has 1 aromatic carbocycles. The van der Waals surface area contributed by atoms with Gasteiger partial charge in [0.2, 0.25) is 0 Å². The first-order chi connectivity index (χ1) is 12.0. The van der Waals surface area contributed by atoms with E-state index in [1.807, 2.05) is 29.9 Å². The number of halogens is 2. The predicted octanol–water partition coefficient (Wildman–Crippen LogP) is 2.96. The Labute approximate surface area is 157 Å². The second kappa shape index (κ2) is 8.21. The number of carbonyl (C=O) groups is 1. The maximum absolute atomic E-state index is 12.4. The van der Waals surface area contributed by atoms with Gasteiger partial charge in [-0.2, -0.15) is 5.10 Å². The third-order valence-electron chi connectivity index (χ3n) is 4.56. The molecule has 0 aliphatic heterocycles. The number of benzene rings is 1. The van der Waals surface area contributed by atoms with E-state index in [9.17, 15) is 4.79 Å². The van der Waals surface area contributed by atoms with Crippen molar-refractivity contribution in [2.24, 2.45) is 0 Å². The zero-order valence-corrected chi connectivity index (χ0v) is 15.8. The molecule has 7 heteroatoms. The van der Waals surface area contributed by atoms with Crippen molar-refractivity contribution >= 4 is 34.9 Å². The summed E-state index contributed by atoms with van der Waals surface area (Å²) in [5.41, 5.74) is 1.05. The molecular weight excluding hydrogens is 359 g/mol. The summed E-state index contributed by atoms with van der Waals surface area (Å²) in [5, 5.41) is 8.46. The van der Waals surface area contributed by atoms with Crippen molar-refractivity contribution in [3.63, 3.8) is 0 Å². The number of anilines is 1. The van der Waals surface area contributed by atoms with Crippen LogP contribution in [0.1, 0.15) is 37.3 Å². The molecular formula is C18H23Cl2N4O+. The molecule has 0 saturated heterocycles. The molecule has 1 aromatic heterocycles. The van der Waals surface area contributed by atoms with Crippen LogP contribution in [0.25, 0.3) is 0 Å². The van der Waals surface area contributed by atoms with Gasteiger partial charge in [0.1, 0.15) is 12.4 Å². The molecule has 1 unspecified atom stereocenters. The molecule has 2 N–H and O–H groups in total. The third kappa shape index (κ3) is 4.75. The van der Waals surface area contributed by atoms with Crippen LogP contribution in [0.3, 0.4) is 0 Å². The van der Waals surface area contributed by atoms with Gasteiger partial charge in [0, 0.05) is 11.6 Å². The molecule has 1 saturated carbocycles. The zero-order chi connectivity index (χ0) is 17.8. The number of hydrogen-bond donors (Lipinski definition) is 2. The smallest absolute Gasteiger partial charge is 0.280 e. The van der Waals surface area contributed by atoms with E-state index < -0.39 is 0 Å². The standard InChI is InChI=1S/C18H22Cl2N4O/c1-23(11-13-6-7-15(19)16(20)10-13)12-18(25)22-17-8-9-21-24(17)14-4-2-3-5-14/h6-10,14H,2-5,11-12H2,1H3,(H,22,25)/p+1. The number of aromatic nitrogens is 2. The highest BCUT2D eigenvalue weighted by Crippen LogP contribution is 2.31. The fourth-order valence-electron chi connectivity index (χ4n) is 3.37. The highest BCUT2D eigenvalue weighted by Gasteiger charge is 2.21. The number of nitrogens with zero attached hydrogens (tertiary/aromatic N) is 2. The Hall–Kier alpha value is -1.56. The molecule has 0 bridgehead atoms. The van der Waals surface area contributed by atoms with Gasteiger partial charge in [-0.1, -0.05) is 42.1 Å². The summed E-state index contributed by atoms with van der Waals surface area (Å²) in [5.74, 6) is 0.775. The van der Waals surface area contributed by atoms with E-state index in [1.165, 1.54) is 12.8 Å². The van der Waals surface area contributed by atoms with Crippen molar-refractivity contribution in [2.75, 3.05) is 18.9 Å². The summed E-state index contributed by atoms with van der Waals surface area (Å²) in [6.07, 6.45) is 6.48. The van der Waals surface area contributed by atoms with Crippen molar-refractivity contribution in [1.29, 1.82) is 0 Å². The molecule has 1 fully saturated rings. The van der Waals surface area contributed by atoms with Crippen molar-refractivity contribution in [3.05, 3.63) is 46.1 Å². The first kappa shape index (κ1) is 18.2. The van der Waals surface area contributed by atoms with Crippen LogP contribution in [-0.4, -0.2) is 29.3 Å². The second-order valence-electron chi connectivity index (χ2n) is 6.71. The average molecular weight is 382 g/mol. The molecule has 5 nitrogen and oxygen atoms in total. The number of rotatable bonds is 6. The summed E-state index contributed by atoms with van der Waals surface area (Å²) in [6.45, 7) is 1.07. The van der Waals surface area contributed by atoms with E-state index in [-0.39, 0.29) is 5.91 Å². The van der Waals surface area contributed by atoms with Crippen molar-refractivity contribution < 1.29 is 9.69 Å². The minimum atomic E-state index is -0.0164. The fourth-order valence-corrected chi connectivity index (χ4v) is 3.70. The predicted molar refractivity (Wildman–Crippen MR) is 100 cm³/mol. The Morgan fingerprint density at radius 1 is 1.28 bits per heavy atom. The number of nitrogens with one attached hydrogen (secondary N) is 2. The van der Waals surface area contributed by atoms with Crippen LogP contribution in [0.2, 0.25) is 10.0 Å². The molecule has 3 rings (SSSR count). The van der Waals surface area contributed by atoms with Crippen LogP contribution in [-0.2, 0) is 11.3 Å². The van der Waals surface area contributed by atoms with Gasteiger partial charge in [0.15, 0.2) is 6.54 Å². The molecule has 0 radical (unpaired) electrons. The third-order valence-corrected chi connectivity index (χ3v) is 5.30. The molecule has 25 heavy (non-hydrogen) atoms. The first-order valence-corrected chi connectivity index (χ1v) is 9.37. The number of quaternary nitrogens is 1. The highest BCUT2D eigenvalue weighted by atomic mass is 35.5. The monoisotopic (exact) mass is 381 g/mol. The zero-order valence-electron chi connectivity index (χ0n) is 14.3. The summed E-state index contributed by atoms with van der Waals surface area (Å²) in [4.78, 5) is 13.5.